The second kappa shape index (κ2) is 5.98. The van der Waals surface area contributed by atoms with Crippen LogP contribution in [-0.4, -0.2) is 9.97 Å². The summed E-state index contributed by atoms with van der Waals surface area (Å²) >= 11 is 0. The summed E-state index contributed by atoms with van der Waals surface area (Å²) in [6.07, 6.45) is 3.79. The SMILES string of the molecule is CC(C)c1ccc(C=Cc2nc3ccccc3c(=O)[nH]2)cc1. The summed E-state index contributed by atoms with van der Waals surface area (Å²) in [7, 11) is 0. The van der Waals surface area contributed by atoms with Gasteiger partial charge >= 0.3 is 0 Å². The second-order valence-corrected chi connectivity index (χ2v) is 5.62. The average molecular weight is 290 g/mol. The quantitative estimate of drug-likeness (QED) is 0.785. The molecule has 1 aromatic heterocycles. The zero-order chi connectivity index (χ0) is 15.5. The molecule has 0 saturated carbocycles. The summed E-state index contributed by atoms with van der Waals surface area (Å²) in [5, 5.41) is 0.612. The molecule has 3 nitrogen and oxygen atoms in total. The number of aromatic nitrogens is 2. The minimum Gasteiger partial charge on any atom is -0.306 e. The van der Waals surface area contributed by atoms with Crippen LogP contribution in [0.4, 0.5) is 0 Å². The van der Waals surface area contributed by atoms with Gasteiger partial charge in [0.15, 0.2) is 0 Å². The lowest BCUT2D eigenvalue weighted by Crippen LogP contribution is -2.09. The minimum atomic E-state index is -0.111. The molecule has 3 heteroatoms. The Morgan fingerprint density at radius 3 is 2.45 bits per heavy atom. The normalized spacial score (nSPS) is 11.6. The molecule has 2 aromatic carbocycles. The van der Waals surface area contributed by atoms with E-state index < -0.39 is 0 Å². The van der Waals surface area contributed by atoms with Gasteiger partial charge in [-0.3, -0.25) is 4.79 Å². The highest BCUT2D eigenvalue weighted by molar-refractivity contribution is 5.78. The smallest absolute Gasteiger partial charge is 0.259 e. The molecule has 0 radical (unpaired) electrons. The number of rotatable bonds is 3. The zero-order valence-electron chi connectivity index (χ0n) is 12.7. The molecule has 3 aromatic rings. The Hall–Kier alpha value is -2.68. The Kier molecular flexibility index (Phi) is 3.88. The van der Waals surface area contributed by atoms with Gasteiger partial charge in [-0.15, -0.1) is 0 Å². The first-order valence-electron chi connectivity index (χ1n) is 7.40. The summed E-state index contributed by atoms with van der Waals surface area (Å²) in [6.45, 7) is 4.35. The summed E-state index contributed by atoms with van der Waals surface area (Å²) in [5.74, 6) is 1.09. The van der Waals surface area contributed by atoms with E-state index >= 15 is 0 Å². The predicted molar refractivity (Wildman–Crippen MR) is 91.8 cm³/mol. The number of fused-ring (bicyclic) bond motifs is 1. The number of hydrogen-bond donors (Lipinski definition) is 1. The third-order valence-corrected chi connectivity index (χ3v) is 3.67. The topological polar surface area (TPSA) is 45.8 Å². The summed E-state index contributed by atoms with van der Waals surface area (Å²) in [4.78, 5) is 19.3. The first-order chi connectivity index (χ1) is 10.6. The van der Waals surface area contributed by atoms with Crippen LogP contribution in [0.25, 0.3) is 23.1 Å². The molecule has 0 bridgehead atoms. The largest absolute Gasteiger partial charge is 0.306 e. The Morgan fingerprint density at radius 1 is 1.00 bits per heavy atom. The number of aromatic amines is 1. The van der Waals surface area contributed by atoms with Gasteiger partial charge in [0.2, 0.25) is 0 Å². The van der Waals surface area contributed by atoms with Crippen molar-refractivity contribution in [2.45, 2.75) is 19.8 Å². The third kappa shape index (κ3) is 2.98. The van der Waals surface area contributed by atoms with Crippen LogP contribution in [0.15, 0.2) is 53.3 Å². The Morgan fingerprint density at radius 2 is 1.73 bits per heavy atom. The molecule has 0 unspecified atom stereocenters. The molecule has 110 valence electrons. The van der Waals surface area contributed by atoms with Crippen LogP contribution in [0.2, 0.25) is 0 Å². The molecule has 0 aliphatic heterocycles. The lowest BCUT2D eigenvalue weighted by atomic mass is 10.0. The van der Waals surface area contributed by atoms with E-state index in [2.05, 4.69) is 48.1 Å². The van der Waals surface area contributed by atoms with Crippen molar-refractivity contribution in [3.05, 3.63) is 75.8 Å². The van der Waals surface area contributed by atoms with Crippen LogP contribution in [0.3, 0.4) is 0 Å². The van der Waals surface area contributed by atoms with Gasteiger partial charge in [-0.25, -0.2) is 4.98 Å². The molecule has 22 heavy (non-hydrogen) atoms. The molecule has 0 saturated heterocycles. The Labute approximate surface area is 129 Å². The molecule has 0 aliphatic rings. The van der Waals surface area contributed by atoms with Crippen LogP contribution in [0.1, 0.15) is 36.7 Å². The lowest BCUT2D eigenvalue weighted by molar-refractivity contribution is 0.866. The summed E-state index contributed by atoms with van der Waals surface area (Å²) < 4.78 is 0. The predicted octanol–water partition coefficient (Wildman–Crippen LogP) is 4.22. The number of hydrogen-bond acceptors (Lipinski definition) is 2. The molecule has 1 heterocycles. The van der Waals surface area contributed by atoms with Crippen LogP contribution in [0, 0.1) is 0 Å². The van der Waals surface area contributed by atoms with Gasteiger partial charge in [0.05, 0.1) is 10.9 Å². The van der Waals surface area contributed by atoms with Crippen molar-refractivity contribution < 1.29 is 0 Å². The van der Waals surface area contributed by atoms with E-state index in [1.54, 1.807) is 6.07 Å². The van der Waals surface area contributed by atoms with E-state index in [-0.39, 0.29) is 5.56 Å². The van der Waals surface area contributed by atoms with Gasteiger partial charge in [-0.05, 0) is 35.3 Å². The number of H-pyrrole nitrogens is 1. The van der Waals surface area contributed by atoms with E-state index in [0.717, 1.165) is 5.56 Å². The molecule has 0 spiro atoms. The molecule has 0 atom stereocenters. The van der Waals surface area contributed by atoms with Crippen molar-refractivity contribution in [3.8, 4) is 0 Å². The van der Waals surface area contributed by atoms with Crippen molar-refractivity contribution >= 4 is 23.1 Å². The van der Waals surface area contributed by atoms with Gasteiger partial charge in [0.25, 0.3) is 5.56 Å². The Balaban J connectivity index is 1.90. The van der Waals surface area contributed by atoms with E-state index in [9.17, 15) is 4.79 Å². The number of nitrogens with one attached hydrogen (secondary N) is 1. The third-order valence-electron chi connectivity index (χ3n) is 3.67. The van der Waals surface area contributed by atoms with Gasteiger partial charge in [0, 0.05) is 0 Å². The molecule has 0 amide bonds. The molecule has 1 N–H and O–H groups in total. The molecule has 0 fully saturated rings. The fraction of sp³-hybridized carbons (Fsp3) is 0.158. The fourth-order valence-electron chi connectivity index (χ4n) is 2.35. The van der Waals surface area contributed by atoms with Gasteiger partial charge in [-0.2, -0.15) is 0 Å². The van der Waals surface area contributed by atoms with Crippen molar-refractivity contribution in [1.82, 2.24) is 9.97 Å². The van der Waals surface area contributed by atoms with Crippen molar-refractivity contribution in [1.29, 1.82) is 0 Å². The maximum atomic E-state index is 12.0. The van der Waals surface area contributed by atoms with E-state index in [1.807, 2.05) is 30.4 Å². The fourth-order valence-corrected chi connectivity index (χ4v) is 2.35. The molecule has 3 rings (SSSR count). The number of para-hydroxylation sites is 1. The van der Waals surface area contributed by atoms with Gasteiger partial charge in [-0.1, -0.05) is 56.3 Å². The number of benzene rings is 2. The average Bonchev–Trinajstić information content (AvgIpc) is 2.53. The molecular formula is C19H18N2O. The van der Waals surface area contributed by atoms with Crippen molar-refractivity contribution in [2.75, 3.05) is 0 Å². The van der Waals surface area contributed by atoms with Crippen LogP contribution < -0.4 is 5.56 Å². The minimum absolute atomic E-state index is 0.111. The highest BCUT2D eigenvalue weighted by atomic mass is 16.1. The van der Waals surface area contributed by atoms with Gasteiger partial charge < -0.3 is 4.98 Å². The van der Waals surface area contributed by atoms with E-state index in [0.29, 0.717) is 22.6 Å². The van der Waals surface area contributed by atoms with Crippen molar-refractivity contribution in [2.24, 2.45) is 0 Å². The van der Waals surface area contributed by atoms with Crippen LogP contribution >= 0.6 is 0 Å². The first-order valence-corrected chi connectivity index (χ1v) is 7.40. The second-order valence-electron chi connectivity index (χ2n) is 5.62. The maximum Gasteiger partial charge on any atom is 0.259 e. The molecule has 0 aliphatic carbocycles. The lowest BCUT2D eigenvalue weighted by Gasteiger charge is -2.04. The first kappa shape index (κ1) is 14.3. The highest BCUT2D eigenvalue weighted by Crippen LogP contribution is 2.16. The van der Waals surface area contributed by atoms with Crippen LogP contribution in [-0.2, 0) is 0 Å². The zero-order valence-corrected chi connectivity index (χ0v) is 12.7. The van der Waals surface area contributed by atoms with E-state index in [4.69, 9.17) is 0 Å². The van der Waals surface area contributed by atoms with Gasteiger partial charge in [0.1, 0.15) is 5.82 Å². The summed E-state index contributed by atoms with van der Waals surface area (Å²) in [6, 6.07) is 15.7. The van der Waals surface area contributed by atoms with Crippen LogP contribution in [0.5, 0.6) is 0 Å². The Bertz CT molecular complexity index is 874. The maximum absolute atomic E-state index is 12.0. The standard InChI is InChI=1S/C19H18N2O/c1-13(2)15-10-7-14(8-11-15)9-12-18-20-17-6-4-3-5-16(17)19(22)21-18/h3-13H,1-2H3,(H,20,21,22). The monoisotopic (exact) mass is 290 g/mol. The highest BCUT2D eigenvalue weighted by Gasteiger charge is 2.01. The molecular weight excluding hydrogens is 272 g/mol. The van der Waals surface area contributed by atoms with E-state index in [1.165, 1.54) is 5.56 Å². The summed E-state index contributed by atoms with van der Waals surface area (Å²) in [5.41, 5.74) is 3.00. The van der Waals surface area contributed by atoms with Crippen molar-refractivity contribution in [3.63, 3.8) is 0 Å². The number of nitrogens with zero attached hydrogens (tertiary/aromatic N) is 1.